The minimum absolute atomic E-state index is 0.0236. The first kappa shape index (κ1) is 19.1. The van der Waals surface area contributed by atoms with E-state index in [2.05, 4.69) is 0 Å². The van der Waals surface area contributed by atoms with Gasteiger partial charge in [-0.2, -0.15) is 26.3 Å². The third-order valence-electron chi connectivity index (χ3n) is 3.66. The van der Waals surface area contributed by atoms with E-state index >= 15 is 0 Å². The van der Waals surface area contributed by atoms with Crippen molar-refractivity contribution in [2.45, 2.75) is 37.7 Å². The number of rotatable bonds is 4. The maximum Gasteiger partial charge on any atom is 0.495 e. The molecule has 0 aromatic heterocycles. The van der Waals surface area contributed by atoms with Crippen molar-refractivity contribution >= 4 is 12.6 Å². The van der Waals surface area contributed by atoms with E-state index in [1.165, 1.54) is 0 Å². The van der Waals surface area contributed by atoms with Crippen LogP contribution in [0, 0.1) is 0 Å². The molecule has 1 atom stereocenters. The standard InChI is InChI=1S/C14H15BF6O3/c16-13(17,18)10-4-1-5-11(14(19,20)21)12(10)15-23-8-6-9(24-15)3-2-7-22/h1,4-5,9,22H,2-3,6-8H2. The van der Waals surface area contributed by atoms with Gasteiger partial charge in [-0.05, 0) is 19.3 Å². The van der Waals surface area contributed by atoms with E-state index in [0.29, 0.717) is 37.5 Å². The number of alkyl halides is 6. The number of aliphatic hydroxyl groups excluding tert-OH is 1. The molecule has 1 N–H and O–H groups in total. The van der Waals surface area contributed by atoms with Crippen molar-refractivity contribution in [1.82, 2.24) is 0 Å². The van der Waals surface area contributed by atoms with E-state index in [0.717, 1.165) is 0 Å². The average molecular weight is 356 g/mol. The van der Waals surface area contributed by atoms with Crippen LogP contribution in [0.25, 0.3) is 0 Å². The van der Waals surface area contributed by atoms with Crippen LogP contribution in [0.3, 0.4) is 0 Å². The summed E-state index contributed by atoms with van der Waals surface area (Å²) >= 11 is 0. The first-order valence-corrected chi connectivity index (χ1v) is 7.30. The lowest BCUT2D eigenvalue weighted by molar-refractivity contribution is -0.141. The zero-order valence-corrected chi connectivity index (χ0v) is 12.5. The molecule has 134 valence electrons. The molecule has 0 bridgehead atoms. The van der Waals surface area contributed by atoms with Gasteiger partial charge in [-0.1, -0.05) is 18.2 Å². The van der Waals surface area contributed by atoms with Gasteiger partial charge in [-0.3, -0.25) is 0 Å². The van der Waals surface area contributed by atoms with Crippen LogP contribution in [0.1, 0.15) is 30.4 Å². The van der Waals surface area contributed by atoms with Gasteiger partial charge in [0.2, 0.25) is 0 Å². The molecule has 2 rings (SSSR count). The Labute approximate surface area is 134 Å². The number of hydrogen-bond donors (Lipinski definition) is 1. The Balaban J connectivity index is 2.43. The Morgan fingerprint density at radius 2 is 1.67 bits per heavy atom. The summed E-state index contributed by atoms with van der Waals surface area (Å²) in [5, 5.41) is 8.80. The lowest BCUT2D eigenvalue weighted by atomic mass is 9.71. The van der Waals surface area contributed by atoms with Crippen molar-refractivity contribution in [1.29, 1.82) is 0 Å². The first-order chi connectivity index (χ1) is 11.1. The molecule has 1 heterocycles. The molecule has 0 aliphatic carbocycles. The van der Waals surface area contributed by atoms with Crippen LogP contribution in [0.4, 0.5) is 26.3 Å². The maximum absolute atomic E-state index is 13.2. The lowest BCUT2D eigenvalue weighted by Gasteiger charge is -2.30. The maximum atomic E-state index is 13.2. The molecule has 1 aromatic rings. The molecule has 24 heavy (non-hydrogen) atoms. The average Bonchev–Trinajstić information content (AvgIpc) is 2.51. The van der Waals surface area contributed by atoms with Crippen LogP contribution in [-0.2, 0) is 21.7 Å². The van der Waals surface area contributed by atoms with Crippen LogP contribution in [0.2, 0.25) is 0 Å². The van der Waals surface area contributed by atoms with E-state index in [9.17, 15) is 26.3 Å². The molecule has 1 fully saturated rings. The Morgan fingerprint density at radius 3 is 2.17 bits per heavy atom. The summed E-state index contributed by atoms with van der Waals surface area (Å²) in [6, 6.07) is 1.87. The number of hydrogen-bond acceptors (Lipinski definition) is 3. The third kappa shape index (κ3) is 4.43. The fourth-order valence-corrected chi connectivity index (χ4v) is 2.58. The highest BCUT2D eigenvalue weighted by Crippen LogP contribution is 2.35. The molecule has 1 unspecified atom stereocenters. The quantitative estimate of drug-likeness (QED) is 0.666. The Bertz CT molecular complexity index is 528. The summed E-state index contributed by atoms with van der Waals surface area (Å²) in [7, 11) is -1.75. The Hall–Kier alpha value is -1.26. The molecule has 0 amide bonds. The monoisotopic (exact) mass is 356 g/mol. The van der Waals surface area contributed by atoms with Gasteiger partial charge in [-0.15, -0.1) is 0 Å². The van der Waals surface area contributed by atoms with Gasteiger partial charge in [0.15, 0.2) is 0 Å². The minimum atomic E-state index is -4.97. The molecule has 1 aromatic carbocycles. The van der Waals surface area contributed by atoms with Gasteiger partial charge in [0.1, 0.15) is 0 Å². The number of benzene rings is 1. The van der Waals surface area contributed by atoms with Crippen LogP contribution in [0.15, 0.2) is 18.2 Å². The highest BCUT2D eigenvalue weighted by Gasteiger charge is 2.46. The van der Waals surface area contributed by atoms with Crippen molar-refractivity contribution in [3.8, 4) is 0 Å². The lowest BCUT2D eigenvalue weighted by Crippen LogP contribution is -2.49. The van der Waals surface area contributed by atoms with Gasteiger partial charge in [0.25, 0.3) is 0 Å². The second-order valence-corrected chi connectivity index (χ2v) is 5.38. The Kier molecular flexibility index (Phi) is 5.82. The summed E-state index contributed by atoms with van der Waals surface area (Å²) < 4.78 is 89.3. The molecule has 0 saturated carbocycles. The van der Waals surface area contributed by atoms with E-state index in [4.69, 9.17) is 14.4 Å². The molecule has 0 spiro atoms. The van der Waals surface area contributed by atoms with Gasteiger partial charge in [0, 0.05) is 24.8 Å². The zero-order valence-electron chi connectivity index (χ0n) is 12.5. The topological polar surface area (TPSA) is 38.7 Å². The van der Waals surface area contributed by atoms with Crippen molar-refractivity contribution in [3.63, 3.8) is 0 Å². The SMILES string of the molecule is OCCCC1CCOB(c2c(C(F)(F)F)cccc2C(F)(F)F)O1. The second kappa shape index (κ2) is 7.32. The molecule has 3 nitrogen and oxygen atoms in total. The summed E-state index contributed by atoms with van der Waals surface area (Å²) in [6.07, 6.45) is -9.51. The van der Waals surface area contributed by atoms with Gasteiger partial charge in [-0.25, -0.2) is 0 Å². The summed E-state index contributed by atoms with van der Waals surface area (Å²) in [5.74, 6) is 0. The second-order valence-electron chi connectivity index (χ2n) is 5.38. The fourth-order valence-electron chi connectivity index (χ4n) is 2.58. The molecule has 1 saturated heterocycles. The van der Waals surface area contributed by atoms with Gasteiger partial charge in [0.05, 0.1) is 11.1 Å². The van der Waals surface area contributed by atoms with Crippen LogP contribution < -0.4 is 5.46 Å². The highest BCUT2D eigenvalue weighted by molar-refractivity contribution is 6.62. The van der Waals surface area contributed by atoms with E-state index < -0.39 is 42.2 Å². The van der Waals surface area contributed by atoms with Crippen molar-refractivity contribution in [3.05, 3.63) is 29.3 Å². The van der Waals surface area contributed by atoms with Crippen LogP contribution in [0.5, 0.6) is 0 Å². The van der Waals surface area contributed by atoms with Crippen LogP contribution >= 0.6 is 0 Å². The molecular weight excluding hydrogens is 341 g/mol. The highest BCUT2D eigenvalue weighted by atomic mass is 19.4. The summed E-state index contributed by atoms with van der Waals surface area (Å²) in [6.45, 7) is -0.164. The predicted molar refractivity (Wildman–Crippen MR) is 73.6 cm³/mol. The molecule has 0 radical (unpaired) electrons. The van der Waals surface area contributed by atoms with Crippen molar-refractivity contribution in [2.75, 3.05) is 13.2 Å². The van der Waals surface area contributed by atoms with Crippen molar-refractivity contribution in [2.24, 2.45) is 0 Å². The molecule has 10 heteroatoms. The molecule has 1 aliphatic heterocycles. The van der Waals surface area contributed by atoms with Gasteiger partial charge < -0.3 is 14.4 Å². The number of aliphatic hydroxyl groups is 1. The fraction of sp³-hybridized carbons (Fsp3) is 0.571. The smallest absolute Gasteiger partial charge is 0.407 e. The summed E-state index contributed by atoms with van der Waals surface area (Å²) in [5.41, 5.74) is -3.90. The van der Waals surface area contributed by atoms with Crippen LogP contribution in [-0.4, -0.2) is 31.5 Å². The summed E-state index contributed by atoms with van der Waals surface area (Å²) in [4.78, 5) is 0. The Morgan fingerprint density at radius 1 is 1.08 bits per heavy atom. The largest absolute Gasteiger partial charge is 0.495 e. The molecular formula is C14H15BF6O3. The first-order valence-electron chi connectivity index (χ1n) is 7.30. The minimum Gasteiger partial charge on any atom is -0.407 e. The predicted octanol–water partition coefficient (Wildman–Crippen LogP) is 3.00. The zero-order chi connectivity index (χ0) is 18.0. The third-order valence-corrected chi connectivity index (χ3v) is 3.66. The van der Waals surface area contributed by atoms with Crippen molar-refractivity contribution < 1.29 is 40.8 Å². The van der Waals surface area contributed by atoms with E-state index in [1.807, 2.05) is 0 Å². The van der Waals surface area contributed by atoms with E-state index in [-0.39, 0.29) is 13.2 Å². The van der Waals surface area contributed by atoms with Gasteiger partial charge >= 0.3 is 19.5 Å². The normalized spacial score (nSPS) is 19.6. The van der Waals surface area contributed by atoms with E-state index in [1.54, 1.807) is 0 Å². The molecule has 1 aliphatic rings. The number of halogens is 6.